The average molecular weight is 396 g/mol. The molecule has 0 unspecified atom stereocenters. The Balaban J connectivity index is 1.90. The van der Waals surface area contributed by atoms with Gasteiger partial charge >= 0.3 is 0 Å². The van der Waals surface area contributed by atoms with E-state index in [1.165, 1.54) is 23.5 Å². The van der Waals surface area contributed by atoms with Gasteiger partial charge in [0.05, 0.1) is 16.2 Å². The van der Waals surface area contributed by atoms with Gasteiger partial charge in [-0.2, -0.15) is 0 Å². The van der Waals surface area contributed by atoms with Crippen LogP contribution in [0.2, 0.25) is 0 Å². The van der Waals surface area contributed by atoms with Gasteiger partial charge in [0.25, 0.3) is 11.6 Å². The number of nitro benzene ring substituents is 1. The van der Waals surface area contributed by atoms with Gasteiger partial charge in [0.15, 0.2) is 5.13 Å². The van der Waals surface area contributed by atoms with Crippen molar-refractivity contribution >= 4 is 33.8 Å². The Bertz CT molecular complexity index is 1060. The number of thiazole rings is 1. The summed E-state index contributed by atoms with van der Waals surface area (Å²) in [5, 5.41) is 16.2. The lowest BCUT2D eigenvalue weighted by atomic mass is 10.0. The highest BCUT2D eigenvalue weighted by atomic mass is 32.1. The van der Waals surface area contributed by atoms with Crippen molar-refractivity contribution in [3.05, 3.63) is 68.6 Å². The maximum Gasteiger partial charge on any atom is 0.270 e. The van der Waals surface area contributed by atoms with Gasteiger partial charge in [-0.05, 0) is 31.5 Å². The van der Waals surface area contributed by atoms with E-state index < -0.39 is 10.8 Å². The van der Waals surface area contributed by atoms with Crippen molar-refractivity contribution in [1.82, 2.24) is 4.98 Å². The van der Waals surface area contributed by atoms with Gasteiger partial charge in [0.1, 0.15) is 0 Å². The van der Waals surface area contributed by atoms with Crippen LogP contribution in [0.4, 0.5) is 16.5 Å². The van der Waals surface area contributed by atoms with Gasteiger partial charge in [0, 0.05) is 42.9 Å². The fraction of sp³-hybridized carbons (Fsp3) is 0.200. The molecule has 7 nitrogen and oxygen atoms in total. The molecule has 0 saturated carbocycles. The van der Waals surface area contributed by atoms with Gasteiger partial charge in [0.2, 0.25) is 0 Å². The van der Waals surface area contributed by atoms with Crippen LogP contribution in [0.1, 0.15) is 21.5 Å². The summed E-state index contributed by atoms with van der Waals surface area (Å²) in [6.07, 6.45) is 0. The van der Waals surface area contributed by atoms with Gasteiger partial charge in [-0.15, -0.1) is 11.3 Å². The topological polar surface area (TPSA) is 88.4 Å². The maximum absolute atomic E-state index is 12.8. The number of aromatic nitrogens is 1. The molecule has 0 bridgehead atoms. The van der Waals surface area contributed by atoms with Gasteiger partial charge in [-0.1, -0.05) is 17.7 Å². The first-order valence-corrected chi connectivity index (χ1v) is 9.44. The van der Waals surface area contributed by atoms with Crippen LogP contribution in [0.5, 0.6) is 0 Å². The summed E-state index contributed by atoms with van der Waals surface area (Å²) in [6, 6.07) is 10.4. The maximum atomic E-state index is 12.8. The molecule has 1 amide bonds. The van der Waals surface area contributed by atoms with Gasteiger partial charge in [-0.25, -0.2) is 4.98 Å². The van der Waals surface area contributed by atoms with E-state index in [9.17, 15) is 14.9 Å². The summed E-state index contributed by atoms with van der Waals surface area (Å²) in [4.78, 5) is 29.6. The minimum Gasteiger partial charge on any atom is -0.377 e. The highest BCUT2D eigenvalue weighted by molar-refractivity contribution is 7.14. The highest BCUT2D eigenvalue weighted by Gasteiger charge is 2.19. The van der Waals surface area contributed by atoms with Crippen LogP contribution < -0.4 is 10.2 Å². The number of carbonyl (C=O) groups excluding carboxylic acids is 1. The van der Waals surface area contributed by atoms with Crippen LogP contribution in [0, 0.1) is 24.0 Å². The number of hydrogen-bond donors (Lipinski definition) is 1. The number of rotatable bonds is 5. The molecule has 0 aliphatic carbocycles. The lowest BCUT2D eigenvalue weighted by Crippen LogP contribution is -2.18. The quantitative estimate of drug-likeness (QED) is 0.501. The average Bonchev–Trinajstić information content (AvgIpc) is 3.11. The second-order valence-corrected chi connectivity index (χ2v) is 7.52. The molecule has 0 spiro atoms. The number of nitrogens with one attached hydrogen (secondary N) is 1. The number of aryl methyl sites for hydroxylation is 2. The summed E-state index contributed by atoms with van der Waals surface area (Å²) in [5.41, 5.74) is 4.71. The fourth-order valence-electron chi connectivity index (χ4n) is 2.84. The monoisotopic (exact) mass is 396 g/mol. The molecule has 8 heteroatoms. The number of carbonyl (C=O) groups is 1. The molecule has 0 aliphatic rings. The molecule has 2 aromatic carbocycles. The lowest BCUT2D eigenvalue weighted by molar-refractivity contribution is -0.384. The molecule has 144 valence electrons. The highest BCUT2D eigenvalue weighted by Crippen LogP contribution is 2.30. The molecule has 0 radical (unpaired) electrons. The molecule has 3 rings (SSSR count). The lowest BCUT2D eigenvalue weighted by Gasteiger charge is -2.16. The number of anilines is 2. The molecule has 0 fully saturated rings. The van der Waals surface area contributed by atoms with Crippen molar-refractivity contribution in [2.24, 2.45) is 0 Å². The Morgan fingerprint density at radius 3 is 2.61 bits per heavy atom. The van der Waals surface area contributed by atoms with Crippen LogP contribution in [-0.2, 0) is 0 Å². The van der Waals surface area contributed by atoms with Crippen molar-refractivity contribution in [2.45, 2.75) is 13.8 Å². The predicted octanol–water partition coefficient (Wildman–Crippen LogP) is 4.65. The molecule has 0 saturated heterocycles. The Morgan fingerprint density at radius 2 is 1.93 bits per heavy atom. The van der Waals surface area contributed by atoms with Crippen molar-refractivity contribution in [1.29, 1.82) is 0 Å². The number of benzene rings is 2. The molecular formula is C20H20N4O3S. The second kappa shape index (κ2) is 7.77. The van der Waals surface area contributed by atoms with E-state index in [0.29, 0.717) is 10.8 Å². The number of nitro groups is 1. The molecule has 1 N–H and O–H groups in total. The summed E-state index contributed by atoms with van der Waals surface area (Å²) < 4.78 is 0. The zero-order valence-electron chi connectivity index (χ0n) is 16.0. The molecule has 1 aromatic heterocycles. The molecule has 3 aromatic rings. The summed E-state index contributed by atoms with van der Waals surface area (Å²) >= 11 is 1.32. The van der Waals surface area contributed by atoms with Gasteiger partial charge in [-0.3, -0.25) is 20.2 Å². The van der Waals surface area contributed by atoms with E-state index >= 15 is 0 Å². The number of amides is 1. The van der Waals surface area contributed by atoms with Crippen LogP contribution in [-0.4, -0.2) is 29.9 Å². The first kappa shape index (κ1) is 19.5. The first-order chi connectivity index (χ1) is 13.3. The summed E-state index contributed by atoms with van der Waals surface area (Å²) in [7, 11) is 3.56. The standard InChI is InChI=1S/C20H20N4O3S/c1-12-5-6-13(2)15(9-12)17-11-28-20(21-17)22-19(25)16-10-14(24(26)27)7-8-18(16)23(3)4/h5-11H,1-4H3,(H,21,22,25). The van der Waals surface area contributed by atoms with Crippen molar-refractivity contribution in [2.75, 3.05) is 24.3 Å². The van der Waals surface area contributed by atoms with E-state index in [1.807, 2.05) is 31.4 Å². The van der Waals surface area contributed by atoms with Crippen molar-refractivity contribution < 1.29 is 9.72 Å². The third kappa shape index (κ3) is 4.01. The van der Waals surface area contributed by atoms with Crippen molar-refractivity contribution in [3.63, 3.8) is 0 Å². The van der Waals surface area contributed by atoms with Crippen LogP contribution >= 0.6 is 11.3 Å². The predicted molar refractivity (Wildman–Crippen MR) is 112 cm³/mol. The van der Waals surface area contributed by atoms with Crippen LogP contribution in [0.3, 0.4) is 0 Å². The number of hydrogen-bond acceptors (Lipinski definition) is 6. The van der Waals surface area contributed by atoms with E-state index in [-0.39, 0.29) is 11.3 Å². The van der Waals surface area contributed by atoms with Crippen LogP contribution in [0.25, 0.3) is 11.3 Å². The molecule has 28 heavy (non-hydrogen) atoms. The SMILES string of the molecule is Cc1ccc(C)c(-c2csc(NC(=O)c3cc([N+](=O)[O-])ccc3N(C)C)n2)c1. The van der Waals surface area contributed by atoms with Gasteiger partial charge < -0.3 is 4.90 Å². The minimum atomic E-state index is -0.516. The molecule has 0 atom stereocenters. The Morgan fingerprint density at radius 1 is 1.18 bits per heavy atom. The zero-order valence-corrected chi connectivity index (χ0v) is 16.8. The van der Waals surface area contributed by atoms with E-state index in [0.717, 1.165) is 22.4 Å². The third-order valence-electron chi connectivity index (χ3n) is 4.31. The summed E-state index contributed by atoms with van der Waals surface area (Å²) in [6.45, 7) is 4.03. The molecule has 1 heterocycles. The van der Waals surface area contributed by atoms with E-state index in [1.54, 1.807) is 25.1 Å². The Hall–Kier alpha value is -3.26. The van der Waals surface area contributed by atoms with E-state index in [4.69, 9.17) is 0 Å². The third-order valence-corrected chi connectivity index (χ3v) is 5.07. The second-order valence-electron chi connectivity index (χ2n) is 6.66. The summed E-state index contributed by atoms with van der Waals surface area (Å²) in [5.74, 6) is -0.436. The number of non-ortho nitro benzene ring substituents is 1. The fourth-order valence-corrected chi connectivity index (χ4v) is 3.55. The van der Waals surface area contributed by atoms with E-state index in [2.05, 4.69) is 16.4 Å². The smallest absolute Gasteiger partial charge is 0.270 e. The normalized spacial score (nSPS) is 10.6. The minimum absolute atomic E-state index is 0.133. The Kier molecular flexibility index (Phi) is 5.41. The Labute approximate surface area is 166 Å². The molecule has 0 aliphatic heterocycles. The van der Waals surface area contributed by atoms with Crippen molar-refractivity contribution in [3.8, 4) is 11.3 Å². The number of nitrogens with zero attached hydrogens (tertiary/aromatic N) is 3. The molecular weight excluding hydrogens is 376 g/mol. The van der Waals surface area contributed by atoms with Crippen LogP contribution in [0.15, 0.2) is 41.8 Å². The first-order valence-electron chi connectivity index (χ1n) is 8.56. The largest absolute Gasteiger partial charge is 0.377 e. The zero-order chi connectivity index (χ0) is 20.4.